The van der Waals surface area contributed by atoms with Crippen molar-refractivity contribution in [1.82, 2.24) is 0 Å². The van der Waals surface area contributed by atoms with Gasteiger partial charge in [0.05, 0.1) is 12.5 Å². The average molecular weight is 174 g/mol. The summed E-state index contributed by atoms with van der Waals surface area (Å²) in [4.78, 5) is 11.0. The Bertz CT molecular complexity index is 185. The van der Waals surface area contributed by atoms with Crippen LogP contribution in [-0.4, -0.2) is 34.5 Å². The van der Waals surface area contributed by atoms with Gasteiger partial charge in [-0.3, -0.25) is 4.79 Å². The molecule has 0 amide bonds. The van der Waals surface area contributed by atoms with E-state index in [1.807, 2.05) is 0 Å². The van der Waals surface area contributed by atoms with Gasteiger partial charge in [0.1, 0.15) is 6.10 Å². The molecular weight excluding hydrogens is 160 g/mol. The molecule has 0 saturated carbocycles. The highest BCUT2D eigenvalue weighted by atomic mass is 16.6. The molecule has 1 aliphatic rings. The van der Waals surface area contributed by atoms with Crippen LogP contribution in [0, 0.1) is 5.92 Å². The number of aliphatic hydroxyl groups excluding tert-OH is 2. The van der Waals surface area contributed by atoms with Crippen molar-refractivity contribution in [3.63, 3.8) is 0 Å². The van der Waals surface area contributed by atoms with Crippen LogP contribution in [-0.2, 0) is 9.53 Å². The third-order valence-electron chi connectivity index (χ3n) is 2.55. The molecule has 12 heavy (non-hydrogen) atoms. The maximum atomic E-state index is 11.0. The molecule has 0 spiro atoms. The number of carbonyl (C=O) groups excluding carboxylic acids is 1. The van der Waals surface area contributed by atoms with E-state index in [0.29, 0.717) is 6.42 Å². The first-order chi connectivity index (χ1) is 5.57. The molecule has 4 nitrogen and oxygen atoms in total. The topological polar surface area (TPSA) is 66.8 Å². The number of rotatable bonds is 2. The smallest absolute Gasteiger partial charge is 0.312 e. The average Bonchev–Trinajstić information content (AvgIpc) is 2.30. The Morgan fingerprint density at radius 3 is 2.42 bits per heavy atom. The van der Waals surface area contributed by atoms with E-state index < -0.39 is 23.6 Å². The van der Waals surface area contributed by atoms with E-state index in [9.17, 15) is 9.90 Å². The van der Waals surface area contributed by atoms with Crippen molar-refractivity contribution in [2.45, 2.75) is 32.0 Å². The van der Waals surface area contributed by atoms with Crippen LogP contribution in [0.3, 0.4) is 0 Å². The summed E-state index contributed by atoms with van der Waals surface area (Å²) in [7, 11) is 0. The van der Waals surface area contributed by atoms with Gasteiger partial charge in [-0.1, -0.05) is 6.92 Å². The Morgan fingerprint density at radius 2 is 2.25 bits per heavy atom. The van der Waals surface area contributed by atoms with E-state index in [1.54, 1.807) is 13.8 Å². The zero-order chi connectivity index (χ0) is 9.35. The van der Waals surface area contributed by atoms with Crippen LogP contribution in [0.1, 0.15) is 20.3 Å². The van der Waals surface area contributed by atoms with Crippen LogP contribution in [0.15, 0.2) is 0 Å². The molecule has 0 aromatic rings. The van der Waals surface area contributed by atoms with E-state index in [2.05, 4.69) is 0 Å². The lowest BCUT2D eigenvalue weighted by molar-refractivity contribution is -0.156. The van der Waals surface area contributed by atoms with Crippen molar-refractivity contribution in [1.29, 1.82) is 0 Å². The summed E-state index contributed by atoms with van der Waals surface area (Å²) in [5.74, 6) is -0.963. The highest BCUT2D eigenvalue weighted by Crippen LogP contribution is 2.33. The van der Waals surface area contributed by atoms with E-state index in [4.69, 9.17) is 9.84 Å². The fraction of sp³-hybridized carbons (Fsp3) is 0.875. The molecule has 70 valence electrons. The molecule has 2 N–H and O–H groups in total. The molecule has 0 aromatic heterocycles. The van der Waals surface area contributed by atoms with Gasteiger partial charge in [0.2, 0.25) is 0 Å². The molecule has 1 rings (SSSR count). The minimum atomic E-state index is -1.06. The SMILES string of the molecule is CC[C@@]1(CO)OC(=O)[C@@H](C)[C@@H]1O. The Hall–Kier alpha value is -0.610. The standard InChI is InChI=1S/C8H14O4/c1-3-8(4-9)6(10)5(2)7(11)12-8/h5-6,9-10H,3-4H2,1-2H3/t5-,6-,8-/m0/s1. The number of cyclic esters (lactones) is 1. The summed E-state index contributed by atoms with van der Waals surface area (Å²) in [6.45, 7) is 3.05. The number of esters is 1. The Balaban J connectivity index is 2.86. The summed E-state index contributed by atoms with van der Waals surface area (Å²) in [5, 5.41) is 18.6. The number of hydrogen-bond acceptors (Lipinski definition) is 4. The Kier molecular flexibility index (Phi) is 2.39. The zero-order valence-electron chi connectivity index (χ0n) is 7.28. The lowest BCUT2D eigenvalue weighted by atomic mass is 9.90. The zero-order valence-corrected chi connectivity index (χ0v) is 7.28. The molecule has 0 radical (unpaired) electrons. The first-order valence-corrected chi connectivity index (χ1v) is 4.09. The van der Waals surface area contributed by atoms with Crippen LogP contribution in [0.2, 0.25) is 0 Å². The first kappa shape index (κ1) is 9.48. The van der Waals surface area contributed by atoms with Gasteiger partial charge in [-0.15, -0.1) is 0 Å². The normalized spacial score (nSPS) is 41.5. The van der Waals surface area contributed by atoms with Crippen LogP contribution in [0.4, 0.5) is 0 Å². The Morgan fingerprint density at radius 1 is 1.67 bits per heavy atom. The van der Waals surface area contributed by atoms with Gasteiger partial charge >= 0.3 is 5.97 Å². The third kappa shape index (κ3) is 1.11. The first-order valence-electron chi connectivity index (χ1n) is 4.09. The van der Waals surface area contributed by atoms with Gasteiger partial charge < -0.3 is 14.9 Å². The summed E-state index contributed by atoms with van der Waals surface area (Å²) in [5.41, 5.74) is -1.06. The maximum Gasteiger partial charge on any atom is 0.312 e. The van der Waals surface area contributed by atoms with E-state index in [-0.39, 0.29) is 6.61 Å². The number of ether oxygens (including phenoxy) is 1. The van der Waals surface area contributed by atoms with Crippen molar-refractivity contribution >= 4 is 5.97 Å². The highest BCUT2D eigenvalue weighted by molar-refractivity contribution is 5.76. The fourth-order valence-corrected chi connectivity index (χ4v) is 1.46. The molecule has 0 aromatic carbocycles. The second-order valence-electron chi connectivity index (χ2n) is 3.23. The fourth-order valence-electron chi connectivity index (χ4n) is 1.46. The molecule has 3 atom stereocenters. The van der Waals surface area contributed by atoms with Gasteiger partial charge in [-0.05, 0) is 13.3 Å². The second-order valence-corrected chi connectivity index (χ2v) is 3.23. The molecule has 1 fully saturated rings. The van der Waals surface area contributed by atoms with Gasteiger partial charge in [0.15, 0.2) is 5.60 Å². The van der Waals surface area contributed by atoms with Gasteiger partial charge in [-0.2, -0.15) is 0 Å². The van der Waals surface area contributed by atoms with E-state index >= 15 is 0 Å². The molecule has 1 heterocycles. The summed E-state index contributed by atoms with van der Waals surface area (Å²) in [6.07, 6.45) is -0.458. The van der Waals surface area contributed by atoms with Crippen LogP contribution < -0.4 is 0 Å². The van der Waals surface area contributed by atoms with Gasteiger partial charge in [0.25, 0.3) is 0 Å². The van der Waals surface area contributed by atoms with Crippen LogP contribution in [0.25, 0.3) is 0 Å². The van der Waals surface area contributed by atoms with Crippen molar-refractivity contribution in [3.8, 4) is 0 Å². The van der Waals surface area contributed by atoms with Crippen LogP contribution in [0.5, 0.6) is 0 Å². The van der Waals surface area contributed by atoms with Gasteiger partial charge in [-0.25, -0.2) is 0 Å². The quantitative estimate of drug-likeness (QED) is 0.563. The highest BCUT2D eigenvalue weighted by Gasteiger charge is 2.51. The van der Waals surface area contributed by atoms with Crippen molar-refractivity contribution in [2.75, 3.05) is 6.61 Å². The van der Waals surface area contributed by atoms with E-state index in [1.165, 1.54) is 0 Å². The molecule has 0 bridgehead atoms. The molecule has 0 unspecified atom stereocenters. The molecule has 0 aliphatic carbocycles. The summed E-state index contributed by atoms with van der Waals surface area (Å²) >= 11 is 0. The monoisotopic (exact) mass is 174 g/mol. The largest absolute Gasteiger partial charge is 0.454 e. The van der Waals surface area contributed by atoms with Gasteiger partial charge in [0, 0.05) is 0 Å². The molecular formula is C8H14O4. The van der Waals surface area contributed by atoms with Crippen molar-refractivity contribution in [2.24, 2.45) is 5.92 Å². The lowest BCUT2D eigenvalue weighted by Gasteiger charge is -2.27. The van der Waals surface area contributed by atoms with E-state index in [0.717, 1.165) is 0 Å². The number of hydrogen-bond donors (Lipinski definition) is 2. The predicted octanol–water partition coefficient (Wildman–Crippen LogP) is -0.319. The third-order valence-corrected chi connectivity index (χ3v) is 2.55. The summed E-state index contributed by atoms with van der Waals surface area (Å²) in [6, 6.07) is 0. The number of aliphatic hydroxyl groups is 2. The minimum Gasteiger partial charge on any atom is -0.454 e. The van der Waals surface area contributed by atoms with Crippen molar-refractivity contribution in [3.05, 3.63) is 0 Å². The summed E-state index contributed by atoms with van der Waals surface area (Å²) < 4.78 is 4.93. The Labute approximate surface area is 71.2 Å². The molecule has 1 aliphatic heterocycles. The second kappa shape index (κ2) is 3.03. The maximum absolute atomic E-state index is 11.0. The van der Waals surface area contributed by atoms with Crippen LogP contribution >= 0.6 is 0 Å². The lowest BCUT2D eigenvalue weighted by Crippen LogP contribution is -2.43. The van der Waals surface area contributed by atoms with Crippen molar-refractivity contribution < 1.29 is 19.7 Å². The molecule has 4 heteroatoms. The predicted molar refractivity (Wildman–Crippen MR) is 41.4 cm³/mol. The minimum absolute atomic E-state index is 0.319. The molecule has 1 saturated heterocycles. The number of carbonyl (C=O) groups is 1.